The van der Waals surface area contributed by atoms with E-state index in [0.29, 0.717) is 6.54 Å². The Bertz CT molecular complexity index is 583. The zero-order chi connectivity index (χ0) is 13.2. The molecule has 0 bridgehead atoms. The molecule has 98 valence electrons. The molecule has 4 heteroatoms. The van der Waals surface area contributed by atoms with Crippen molar-refractivity contribution in [2.75, 3.05) is 19.0 Å². The van der Waals surface area contributed by atoms with Gasteiger partial charge in [0.1, 0.15) is 23.4 Å². The minimum Gasteiger partial charge on any atom is -0.497 e. The fourth-order valence-electron chi connectivity index (χ4n) is 2.14. The minimum absolute atomic E-state index is 0.110. The molecule has 0 saturated heterocycles. The summed E-state index contributed by atoms with van der Waals surface area (Å²) in [6, 6.07) is 12.0. The van der Waals surface area contributed by atoms with Gasteiger partial charge in [0, 0.05) is 6.07 Å². The van der Waals surface area contributed by atoms with Crippen LogP contribution < -0.4 is 14.8 Å². The molecule has 0 amide bonds. The normalized spacial score (nSPS) is 17.1. The lowest BCUT2D eigenvalue weighted by atomic mass is 10.1. The van der Waals surface area contributed by atoms with Crippen LogP contribution in [0.5, 0.6) is 11.5 Å². The van der Waals surface area contributed by atoms with E-state index in [4.69, 9.17) is 9.47 Å². The summed E-state index contributed by atoms with van der Waals surface area (Å²) < 4.78 is 24.0. The van der Waals surface area contributed by atoms with Crippen molar-refractivity contribution >= 4 is 5.69 Å². The van der Waals surface area contributed by atoms with E-state index in [2.05, 4.69) is 5.32 Å². The number of nitrogens with one attached hydrogen (secondary N) is 1. The molecule has 3 nitrogen and oxygen atoms in total. The molecule has 3 rings (SSSR count). The van der Waals surface area contributed by atoms with Crippen LogP contribution in [0.2, 0.25) is 0 Å². The lowest BCUT2D eigenvalue weighted by Crippen LogP contribution is -2.23. The number of fused-ring (bicyclic) bond motifs is 1. The van der Waals surface area contributed by atoms with E-state index in [9.17, 15) is 4.39 Å². The van der Waals surface area contributed by atoms with Gasteiger partial charge in [-0.1, -0.05) is 12.1 Å². The van der Waals surface area contributed by atoms with Crippen molar-refractivity contribution in [1.29, 1.82) is 0 Å². The van der Waals surface area contributed by atoms with Crippen LogP contribution in [0.25, 0.3) is 0 Å². The Hall–Kier alpha value is -2.23. The van der Waals surface area contributed by atoms with E-state index < -0.39 is 0 Å². The van der Waals surface area contributed by atoms with Crippen molar-refractivity contribution in [3.63, 3.8) is 0 Å². The van der Waals surface area contributed by atoms with Gasteiger partial charge in [0.25, 0.3) is 0 Å². The largest absolute Gasteiger partial charge is 0.497 e. The second-order valence-corrected chi connectivity index (χ2v) is 4.40. The summed E-state index contributed by atoms with van der Waals surface area (Å²) in [4.78, 5) is 0. The molecular formula is C15H14FNO2. The molecule has 0 radical (unpaired) electrons. The lowest BCUT2D eigenvalue weighted by Gasteiger charge is -2.28. The Morgan fingerprint density at radius 3 is 2.74 bits per heavy atom. The molecule has 19 heavy (non-hydrogen) atoms. The molecule has 1 unspecified atom stereocenters. The number of halogens is 1. The average molecular weight is 259 g/mol. The quantitative estimate of drug-likeness (QED) is 0.896. The van der Waals surface area contributed by atoms with Gasteiger partial charge < -0.3 is 14.8 Å². The predicted molar refractivity (Wildman–Crippen MR) is 71.3 cm³/mol. The second-order valence-electron chi connectivity index (χ2n) is 4.40. The molecule has 0 saturated carbocycles. The van der Waals surface area contributed by atoms with E-state index in [1.807, 2.05) is 18.2 Å². The van der Waals surface area contributed by atoms with Gasteiger partial charge in [0.15, 0.2) is 0 Å². The number of benzene rings is 2. The van der Waals surface area contributed by atoms with Crippen molar-refractivity contribution in [3.8, 4) is 11.5 Å². The Balaban J connectivity index is 1.84. The number of methoxy groups -OCH3 is 1. The topological polar surface area (TPSA) is 30.5 Å². The number of ether oxygens (including phenoxy) is 2. The first-order valence-corrected chi connectivity index (χ1v) is 6.10. The highest BCUT2D eigenvalue weighted by Crippen LogP contribution is 2.36. The van der Waals surface area contributed by atoms with Gasteiger partial charge in [0.05, 0.1) is 19.3 Å². The van der Waals surface area contributed by atoms with Gasteiger partial charge in [-0.3, -0.25) is 0 Å². The molecular weight excluding hydrogens is 245 g/mol. The smallest absolute Gasteiger partial charge is 0.143 e. The van der Waals surface area contributed by atoms with Crippen LogP contribution in [0, 0.1) is 5.82 Å². The zero-order valence-corrected chi connectivity index (χ0v) is 10.5. The van der Waals surface area contributed by atoms with Gasteiger partial charge in [0.2, 0.25) is 0 Å². The predicted octanol–water partition coefficient (Wildman–Crippen LogP) is 3.38. The van der Waals surface area contributed by atoms with Gasteiger partial charge in [-0.2, -0.15) is 0 Å². The van der Waals surface area contributed by atoms with E-state index in [-0.39, 0.29) is 11.9 Å². The minimum atomic E-state index is -0.238. The van der Waals surface area contributed by atoms with Crippen molar-refractivity contribution in [2.45, 2.75) is 6.10 Å². The molecule has 0 aliphatic carbocycles. The molecule has 0 spiro atoms. The van der Waals surface area contributed by atoms with Crippen LogP contribution in [-0.4, -0.2) is 13.7 Å². The lowest BCUT2D eigenvalue weighted by molar-refractivity contribution is 0.210. The molecule has 2 aromatic rings. The number of rotatable bonds is 2. The van der Waals surface area contributed by atoms with E-state index in [1.54, 1.807) is 19.2 Å². The van der Waals surface area contributed by atoms with Gasteiger partial charge >= 0.3 is 0 Å². The first kappa shape index (κ1) is 11.8. The Labute approximate surface area is 111 Å². The van der Waals surface area contributed by atoms with Crippen LogP contribution in [0.4, 0.5) is 10.1 Å². The summed E-state index contributed by atoms with van der Waals surface area (Å²) >= 11 is 0. The highest BCUT2D eigenvalue weighted by molar-refractivity contribution is 5.61. The van der Waals surface area contributed by atoms with Crippen LogP contribution in [0.1, 0.15) is 11.7 Å². The summed E-state index contributed by atoms with van der Waals surface area (Å²) in [7, 11) is 1.63. The Kier molecular flexibility index (Phi) is 2.99. The maximum Gasteiger partial charge on any atom is 0.143 e. The van der Waals surface area contributed by atoms with E-state index in [1.165, 1.54) is 12.1 Å². The fourth-order valence-corrected chi connectivity index (χ4v) is 2.14. The van der Waals surface area contributed by atoms with Gasteiger partial charge in [-0.25, -0.2) is 4.39 Å². The number of anilines is 1. The summed E-state index contributed by atoms with van der Waals surface area (Å²) in [5.74, 6) is 1.33. The molecule has 1 aliphatic rings. The molecule has 1 aliphatic heterocycles. The average Bonchev–Trinajstić information content (AvgIpc) is 2.47. The highest BCUT2D eigenvalue weighted by Gasteiger charge is 2.21. The van der Waals surface area contributed by atoms with Crippen molar-refractivity contribution < 1.29 is 13.9 Å². The Morgan fingerprint density at radius 1 is 1.21 bits per heavy atom. The molecule has 0 aromatic heterocycles. The first-order valence-electron chi connectivity index (χ1n) is 6.10. The van der Waals surface area contributed by atoms with Crippen molar-refractivity contribution in [2.24, 2.45) is 0 Å². The van der Waals surface area contributed by atoms with Crippen molar-refractivity contribution in [3.05, 3.63) is 53.8 Å². The summed E-state index contributed by atoms with van der Waals surface area (Å²) in [5.41, 5.74) is 1.87. The maximum atomic E-state index is 12.9. The molecule has 0 fully saturated rings. The second kappa shape index (κ2) is 4.80. The van der Waals surface area contributed by atoms with Crippen molar-refractivity contribution in [1.82, 2.24) is 0 Å². The van der Waals surface area contributed by atoms with Crippen LogP contribution in [0.3, 0.4) is 0 Å². The third kappa shape index (κ3) is 2.34. The summed E-state index contributed by atoms with van der Waals surface area (Å²) in [5, 5.41) is 3.30. The summed E-state index contributed by atoms with van der Waals surface area (Å²) in [6.07, 6.45) is -0.110. The number of hydrogen-bond acceptors (Lipinski definition) is 3. The first-order chi connectivity index (χ1) is 9.26. The molecule has 2 aromatic carbocycles. The number of hydrogen-bond donors (Lipinski definition) is 1. The molecule has 1 atom stereocenters. The summed E-state index contributed by atoms with van der Waals surface area (Å²) in [6.45, 7) is 0.645. The van der Waals surface area contributed by atoms with Crippen LogP contribution in [0.15, 0.2) is 42.5 Å². The fraction of sp³-hybridized carbons (Fsp3) is 0.200. The standard InChI is InChI=1S/C15H14FNO2/c1-18-12-6-7-14-13(8-12)17-9-15(19-14)10-2-4-11(16)5-3-10/h2-8,15,17H,9H2,1H3. The maximum absolute atomic E-state index is 12.9. The molecule has 1 N–H and O–H groups in total. The molecule has 1 heterocycles. The van der Waals surface area contributed by atoms with E-state index in [0.717, 1.165) is 22.7 Å². The van der Waals surface area contributed by atoms with Crippen LogP contribution >= 0.6 is 0 Å². The van der Waals surface area contributed by atoms with Gasteiger partial charge in [-0.15, -0.1) is 0 Å². The third-order valence-corrected chi connectivity index (χ3v) is 3.18. The monoisotopic (exact) mass is 259 g/mol. The zero-order valence-electron chi connectivity index (χ0n) is 10.5. The highest BCUT2D eigenvalue weighted by atomic mass is 19.1. The SMILES string of the molecule is COc1ccc2c(c1)NCC(c1ccc(F)cc1)O2. The van der Waals surface area contributed by atoms with Gasteiger partial charge in [-0.05, 0) is 29.8 Å². The van der Waals surface area contributed by atoms with Crippen LogP contribution in [-0.2, 0) is 0 Å². The van der Waals surface area contributed by atoms with E-state index >= 15 is 0 Å². The third-order valence-electron chi connectivity index (χ3n) is 3.18. The Morgan fingerprint density at radius 2 is 2.00 bits per heavy atom.